The van der Waals surface area contributed by atoms with Crippen LogP contribution in [-0.4, -0.2) is 33.6 Å². The summed E-state index contributed by atoms with van der Waals surface area (Å²) in [6, 6.07) is 5.08. The number of carbonyl (C=O) groups excluding carboxylic acids is 3. The highest BCUT2D eigenvalue weighted by Crippen LogP contribution is 2.28. The minimum atomic E-state index is -0.589. The Morgan fingerprint density at radius 2 is 2.19 bits per heavy atom. The number of imide groups is 1. The zero-order valence-corrected chi connectivity index (χ0v) is 15.3. The van der Waals surface area contributed by atoms with E-state index in [4.69, 9.17) is 5.73 Å². The fourth-order valence-electron chi connectivity index (χ4n) is 3.40. The SMILES string of the molecule is NCc1csc(NCc2ccc3c(c2)CN(C2CCC(=O)NC2=O)C3=O)n1. The Hall–Kier alpha value is -2.78. The Labute approximate surface area is 159 Å². The van der Waals surface area contributed by atoms with Gasteiger partial charge in [0.1, 0.15) is 6.04 Å². The van der Waals surface area contributed by atoms with Crippen LogP contribution in [0.25, 0.3) is 0 Å². The van der Waals surface area contributed by atoms with Crippen LogP contribution in [0.4, 0.5) is 5.13 Å². The molecule has 1 fully saturated rings. The summed E-state index contributed by atoms with van der Waals surface area (Å²) in [5.41, 5.74) is 8.95. The average molecular weight is 385 g/mol. The lowest BCUT2D eigenvalue weighted by molar-refractivity contribution is -0.136. The minimum absolute atomic E-state index is 0.161. The average Bonchev–Trinajstić information content (AvgIpc) is 3.24. The van der Waals surface area contributed by atoms with Crippen LogP contribution in [0.3, 0.4) is 0 Å². The molecule has 1 aromatic heterocycles. The molecular weight excluding hydrogens is 366 g/mol. The van der Waals surface area contributed by atoms with Gasteiger partial charge in [-0.05, 0) is 23.6 Å². The van der Waals surface area contributed by atoms with Crippen molar-refractivity contribution in [2.75, 3.05) is 5.32 Å². The molecule has 3 heterocycles. The number of nitrogens with two attached hydrogens (primary N) is 1. The number of piperidine rings is 1. The van der Waals surface area contributed by atoms with Crippen LogP contribution in [0.1, 0.15) is 40.0 Å². The zero-order valence-electron chi connectivity index (χ0n) is 14.5. The van der Waals surface area contributed by atoms with E-state index in [1.807, 2.05) is 17.5 Å². The van der Waals surface area contributed by atoms with Crippen molar-refractivity contribution in [3.8, 4) is 0 Å². The molecule has 1 atom stereocenters. The maximum Gasteiger partial charge on any atom is 0.255 e. The number of amides is 3. The van der Waals surface area contributed by atoms with E-state index in [9.17, 15) is 14.4 Å². The Bertz CT molecular complexity index is 925. The van der Waals surface area contributed by atoms with Gasteiger partial charge in [0.2, 0.25) is 11.8 Å². The number of carbonyl (C=O) groups is 3. The lowest BCUT2D eigenvalue weighted by atomic mass is 10.0. The standard InChI is InChI=1S/C18H19N5O3S/c19-6-12-9-27-18(21-12)20-7-10-1-2-13-11(5-10)8-23(17(13)26)14-3-4-15(24)22-16(14)25/h1-2,5,9,14H,3-4,6-8,19H2,(H,20,21)(H,22,24,25). The number of nitrogens with one attached hydrogen (secondary N) is 2. The van der Waals surface area contributed by atoms with Gasteiger partial charge in [-0.2, -0.15) is 0 Å². The Morgan fingerprint density at radius 1 is 1.33 bits per heavy atom. The summed E-state index contributed by atoms with van der Waals surface area (Å²) in [5.74, 6) is -0.839. The lowest BCUT2D eigenvalue weighted by Gasteiger charge is -2.29. The van der Waals surface area contributed by atoms with E-state index in [0.717, 1.165) is 22.0 Å². The predicted octanol–water partition coefficient (Wildman–Crippen LogP) is 0.975. The van der Waals surface area contributed by atoms with E-state index in [1.54, 1.807) is 11.0 Å². The summed E-state index contributed by atoms with van der Waals surface area (Å²) in [6.07, 6.45) is 0.622. The van der Waals surface area contributed by atoms with E-state index >= 15 is 0 Å². The summed E-state index contributed by atoms with van der Waals surface area (Å²) >= 11 is 1.50. The molecule has 27 heavy (non-hydrogen) atoms. The molecule has 140 valence electrons. The molecule has 0 radical (unpaired) electrons. The number of anilines is 1. The van der Waals surface area contributed by atoms with Gasteiger partial charge in [0.25, 0.3) is 5.91 Å². The molecule has 4 N–H and O–H groups in total. The monoisotopic (exact) mass is 385 g/mol. The second-order valence-corrected chi connectivity index (χ2v) is 7.45. The first-order valence-corrected chi connectivity index (χ1v) is 9.58. The van der Waals surface area contributed by atoms with Gasteiger partial charge in [-0.1, -0.05) is 12.1 Å². The summed E-state index contributed by atoms with van der Waals surface area (Å²) in [5, 5.41) is 8.29. The third kappa shape index (κ3) is 3.43. The van der Waals surface area contributed by atoms with Crippen LogP contribution >= 0.6 is 11.3 Å². The van der Waals surface area contributed by atoms with Crippen molar-refractivity contribution in [1.82, 2.24) is 15.2 Å². The summed E-state index contributed by atoms with van der Waals surface area (Å²) in [7, 11) is 0. The second-order valence-electron chi connectivity index (χ2n) is 6.59. The third-order valence-electron chi connectivity index (χ3n) is 4.79. The summed E-state index contributed by atoms with van der Waals surface area (Å²) in [6.45, 7) is 1.37. The van der Waals surface area contributed by atoms with Crippen LogP contribution in [-0.2, 0) is 29.2 Å². The van der Waals surface area contributed by atoms with Crippen molar-refractivity contribution in [3.63, 3.8) is 0 Å². The number of fused-ring (bicyclic) bond motifs is 1. The molecule has 1 aromatic carbocycles. The van der Waals surface area contributed by atoms with Crippen LogP contribution in [0.5, 0.6) is 0 Å². The Morgan fingerprint density at radius 3 is 2.93 bits per heavy atom. The third-order valence-corrected chi connectivity index (χ3v) is 5.64. The number of thiazole rings is 1. The number of aromatic nitrogens is 1. The largest absolute Gasteiger partial charge is 0.357 e. The smallest absolute Gasteiger partial charge is 0.255 e. The van der Waals surface area contributed by atoms with Crippen LogP contribution in [0, 0.1) is 0 Å². The lowest BCUT2D eigenvalue weighted by Crippen LogP contribution is -2.52. The van der Waals surface area contributed by atoms with Crippen molar-refractivity contribution in [3.05, 3.63) is 46.0 Å². The number of nitrogens with zero attached hydrogens (tertiary/aromatic N) is 2. The molecule has 8 nitrogen and oxygen atoms in total. The van der Waals surface area contributed by atoms with Crippen LogP contribution in [0.2, 0.25) is 0 Å². The first kappa shape index (κ1) is 17.6. The molecule has 2 aromatic rings. The molecule has 2 aliphatic heterocycles. The van der Waals surface area contributed by atoms with E-state index in [1.165, 1.54) is 11.3 Å². The van der Waals surface area contributed by atoms with Gasteiger partial charge < -0.3 is 16.0 Å². The van der Waals surface area contributed by atoms with Gasteiger partial charge in [-0.15, -0.1) is 11.3 Å². The fraction of sp³-hybridized carbons (Fsp3) is 0.333. The molecule has 4 rings (SSSR count). The number of hydrogen-bond acceptors (Lipinski definition) is 7. The Kier molecular flexibility index (Phi) is 4.63. The van der Waals surface area contributed by atoms with Crippen molar-refractivity contribution in [1.29, 1.82) is 0 Å². The summed E-state index contributed by atoms with van der Waals surface area (Å²) in [4.78, 5) is 42.0. The number of hydrogen-bond donors (Lipinski definition) is 3. The van der Waals surface area contributed by atoms with Crippen LogP contribution < -0.4 is 16.4 Å². The molecule has 0 bridgehead atoms. The van der Waals surface area contributed by atoms with Crippen molar-refractivity contribution >= 4 is 34.2 Å². The zero-order chi connectivity index (χ0) is 19.0. The van der Waals surface area contributed by atoms with Crippen LogP contribution in [0.15, 0.2) is 23.6 Å². The normalized spacial score (nSPS) is 19.2. The first-order chi connectivity index (χ1) is 13.0. The molecule has 1 saturated heterocycles. The second kappa shape index (κ2) is 7.09. The Balaban J connectivity index is 1.45. The highest BCUT2D eigenvalue weighted by Gasteiger charge is 2.38. The van der Waals surface area contributed by atoms with Crippen molar-refractivity contribution < 1.29 is 14.4 Å². The summed E-state index contributed by atoms with van der Waals surface area (Å²) < 4.78 is 0. The van der Waals surface area contributed by atoms with Gasteiger partial charge >= 0.3 is 0 Å². The number of benzene rings is 1. The first-order valence-electron chi connectivity index (χ1n) is 8.70. The highest BCUT2D eigenvalue weighted by atomic mass is 32.1. The topological polar surface area (TPSA) is 117 Å². The highest BCUT2D eigenvalue weighted by molar-refractivity contribution is 7.13. The van der Waals surface area contributed by atoms with Gasteiger partial charge in [0.05, 0.1) is 5.69 Å². The quantitative estimate of drug-likeness (QED) is 0.661. The maximum atomic E-state index is 12.7. The molecule has 0 aliphatic carbocycles. The molecule has 0 spiro atoms. The predicted molar refractivity (Wildman–Crippen MR) is 99.8 cm³/mol. The fourth-order valence-corrected chi connectivity index (χ4v) is 4.12. The van der Waals surface area contributed by atoms with Gasteiger partial charge in [-0.3, -0.25) is 19.7 Å². The molecular formula is C18H19N5O3S. The molecule has 3 amide bonds. The van der Waals surface area contributed by atoms with Crippen molar-refractivity contribution in [2.24, 2.45) is 5.73 Å². The minimum Gasteiger partial charge on any atom is -0.357 e. The van der Waals surface area contributed by atoms with E-state index < -0.39 is 11.9 Å². The van der Waals surface area contributed by atoms with E-state index in [2.05, 4.69) is 15.6 Å². The van der Waals surface area contributed by atoms with Gasteiger partial charge in [0, 0.05) is 37.0 Å². The molecule has 0 saturated carbocycles. The number of rotatable bonds is 5. The van der Waals surface area contributed by atoms with Gasteiger partial charge in [-0.25, -0.2) is 4.98 Å². The maximum absolute atomic E-state index is 12.7. The van der Waals surface area contributed by atoms with Gasteiger partial charge in [0.15, 0.2) is 5.13 Å². The molecule has 9 heteroatoms. The molecule has 1 unspecified atom stereocenters. The van der Waals surface area contributed by atoms with E-state index in [0.29, 0.717) is 31.6 Å². The molecule has 2 aliphatic rings. The van der Waals surface area contributed by atoms with Crippen molar-refractivity contribution in [2.45, 2.75) is 38.5 Å². The van der Waals surface area contributed by atoms with E-state index in [-0.39, 0.29) is 18.2 Å².